The van der Waals surface area contributed by atoms with E-state index in [-0.39, 0.29) is 6.04 Å². The van der Waals surface area contributed by atoms with Crippen molar-refractivity contribution in [1.29, 1.82) is 0 Å². The van der Waals surface area contributed by atoms with Crippen LogP contribution in [0.25, 0.3) is 0 Å². The Bertz CT molecular complexity index is 467. The van der Waals surface area contributed by atoms with Gasteiger partial charge in [0.25, 0.3) is 0 Å². The monoisotopic (exact) mass is 260 g/mol. The molecular weight excluding hydrogens is 240 g/mol. The number of ether oxygens (including phenoxy) is 1. The van der Waals surface area contributed by atoms with Crippen molar-refractivity contribution in [3.8, 4) is 5.75 Å². The van der Waals surface area contributed by atoms with Crippen LogP contribution in [-0.4, -0.2) is 28.4 Å². The van der Waals surface area contributed by atoms with Crippen LogP contribution in [0.3, 0.4) is 0 Å². The zero-order valence-electron chi connectivity index (χ0n) is 11.4. The summed E-state index contributed by atoms with van der Waals surface area (Å²) in [5.74, 6) is 0.874. The lowest BCUT2D eigenvalue weighted by Gasteiger charge is -2.19. The smallest absolute Gasteiger partial charge is 0.137 e. The van der Waals surface area contributed by atoms with Crippen LogP contribution < -0.4 is 10.1 Å². The first-order chi connectivity index (χ1) is 9.33. The first-order valence-corrected chi connectivity index (χ1v) is 6.53. The van der Waals surface area contributed by atoms with Crippen molar-refractivity contribution in [2.24, 2.45) is 0 Å². The van der Waals surface area contributed by atoms with E-state index in [1.54, 1.807) is 19.8 Å². The minimum Gasteiger partial charge on any atom is -0.497 e. The van der Waals surface area contributed by atoms with E-state index in [2.05, 4.69) is 34.5 Å². The summed E-state index contributed by atoms with van der Waals surface area (Å²) in [6, 6.07) is 8.37. The Morgan fingerprint density at radius 3 is 2.68 bits per heavy atom. The SMILES string of the molecule is CCCNC(Cn1cncn1)c1ccc(OC)cc1. The van der Waals surface area contributed by atoms with Crippen molar-refractivity contribution in [2.45, 2.75) is 25.9 Å². The molecule has 0 radical (unpaired) electrons. The van der Waals surface area contributed by atoms with E-state index in [1.165, 1.54) is 5.56 Å². The molecule has 5 nitrogen and oxygen atoms in total. The Labute approximate surface area is 113 Å². The second-order valence-corrected chi connectivity index (χ2v) is 4.40. The van der Waals surface area contributed by atoms with Crippen LogP contribution in [0.2, 0.25) is 0 Å². The molecule has 0 saturated heterocycles. The van der Waals surface area contributed by atoms with Gasteiger partial charge in [0, 0.05) is 0 Å². The summed E-state index contributed by atoms with van der Waals surface area (Å²) in [5, 5.41) is 7.70. The number of nitrogens with zero attached hydrogens (tertiary/aromatic N) is 3. The minimum absolute atomic E-state index is 0.229. The van der Waals surface area contributed by atoms with Gasteiger partial charge in [0.05, 0.1) is 19.7 Å². The highest BCUT2D eigenvalue weighted by atomic mass is 16.5. The largest absolute Gasteiger partial charge is 0.497 e. The van der Waals surface area contributed by atoms with Gasteiger partial charge in [-0.1, -0.05) is 19.1 Å². The molecule has 0 spiro atoms. The topological polar surface area (TPSA) is 52.0 Å². The third kappa shape index (κ3) is 3.79. The van der Waals surface area contributed by atoms with Crippen molar-refractivity contribution in [2.75, 3.05) is 13.7 Å². The van der Waals surface area contributed by atoms with Crippen molar-refractivity contribution in [3.63, 3.8) is 0 Å². The van der Waals surface area contributed by atoms with Gasteiger partial charge in [-0.15, -0.1) is 0 Å². The fourth-order valence-corrected chi connectivity index (χ4v) is 1.96. The van der Waals surface area contributed by atoms with E-state index < -0.39 is 0 Å². The third-order valence-electron chi connectivity index (χ3n) is 3.00. The summed E-state index contributed by atoms with van der Waals surface area (Å²) in [5.41, 5.74) is 1.23. The molecule has 1 N–H and O–H groups in total. The molecule has 1 unspecified atom stereocenters. The molecule has 5 heteroatoms. The average molecular weight is 260 g/mol. The number of benzene rings is 1. The molecule has 1 aromatic carbocycles. The summed E-state index contributed by atoms with van der Waals surface area (Å²) < 4.78 is 7.03. The minimum atomic E-state index is 0.229. The van der Waals surface area contributed by atoms with Crippen molar-refractivity contribution in [1.82, 2.24) is 20.1 Å². The predicted octanol–water partition coefficient (Wildman–Crippen LogP) is 2.03. The Balaban J connectivity index is 2.10. The molecule has 19 heavy (non-hydrogen) atoms. The third-order valence-corrected chi connectivity index (χ3v) is 3.00. The summed E-state index contributed by atoms with van der Waals surface area (Å²) in [6.45, 7) is 3.91. The van der Waals surface area contributed by atoms with Crippen molar-refractivity contribution < 1.29 is 4.74 Å². The summed E-state index contributed by atoms with van der Waals surface area (Å²) in [7, 11) is 1.68. The maximum atomic E-state index is 5.19. The van der Waals surface area contributed by atoms with Crippen LogP contribution in [0, 0.1) is 0 Å². The Kier molecular flexibility index (Phi) is 4.92. The lowest BCUT2D eigenvalue weighted by atomic mass is 10.1. The standard InChI is InChI=1S/C14H20N4O/c1-3-8-16-14(9-18-11-15-10-17-18)12-4-6-13(19-2)7-5-12/h4-7,10-11,14,16H,3,8-9H2,1-2H3. The van der Waals surface area contributed by atoms with Gasteiger partial charge in [-0.25, -0.2) is 4.98 Å². The highest BCUT2D eigenvalue weighted by molar-refractivity contribution is 5.29. The van der Waals surface area contributed by atoms with Crippen LogP contribution in [0.15, 0.2) is 36.9 Å². The second-order valence-electron chi connectivity index (χ2n) is 4.40. The van der Waals surface area contributed by atoms with Gasteiger partial charge >= 0.3 is 0 Å². The molecule has 0 aliphatic heterocycles. The van der Waals surface area contributed by atoms with Gasteiger partial charge in [-0.3, -0.25) is 4.68 Å². The Morgan fingerprint density at radius 2 is 2.11 bits per heavy atom. The molecule has 1 heterocycles. The summed E-state index contributed by atoms with van der Waals surface area (Å²) in [6.07, 6.45) is 4.40. The van der Waals surface area contributed by atoms with E-state index in [4.69, 9.17) is 4.74 Å². The van der Waals surface area contributed by atoms with Gasteiger partial charge in [0.2, 0.25) is 0 Å². The normalized spacial score (nSPS) is 12.3. The molecule has 1 aromatic heterocycles. The number of hydrogen-bond donors (Lipinski definition) is 1. The molecular formula is C14H20N4O. The van der Waals surface area contributed by atoms with Gasteiger partial charge in [0.15, 0.2) is 0 Å². The van der Waals surface area contributed by atoms with Crippen LogP contribution in [-0.2, 0) is 6.54 Å². The van der Waals surface area contributed by atoms with Crippen LogP contribution >= 0.6 is 0 Å². The molecule has 2 aromatic rings. The number of aromatic nitrogens is 3. The summed E-state index contributed by atoms with van der Waals surface area (Å²) >= 11 is 0. The summed E-state index contributed by atoms with van der Waals surface area (Å²) in [4.78, 5) is 3.98. The van der Waals surface area contributed by atoms with E-state index >= 15 is 0 Å². The molecule has 1 atom stereocenters. The molecule has 0 fully saturated rings. The number of rotatable bonds is 7. The Morgan fingerprint density at radius 1 is 1.32 bits per heavy atom. The molecule has 2 rings (SSSR count). The van der Waals surface area contributed by atoms with E-state index in [0.717, 1.165) is 25.3 Å². The quantitative estimate of drug-likeness (QED) is 0.827. The molecule has 0 bridgehead atoms. The molecule has 0 saturated carbocycles. The maximum Gasteiger partial charge on any atom is 0.137 e. The number of hydrogen-bond acceptors (Lipinski definition) is 4. The number of nitrogens with one attached hydrogen (secondary N) is 1. The predicted molar refractivity (Wildman–Crippen MR) is 74.1 cm³/mol. The molecule has 0 amide bonds. The van der Waals surface area contributed by atoms with Gasteiger partial charge in [-0.05, 0) is 30.7 Å². The molecule has 102 valence electrons. The van der Waals surface area contributed by atoms with Crippen LogP contribution in [0.1, 0.15) is 24.9 Å². The highest BCUT2D eigenvalue weighted by Gasteiger charge is 2.11. The lowest BCUT2D eigenvalue weighted by molar-refractivity contribution is 0.412. The van der Waals surface area contributed by atoms with Gasteiger partial charge in [-0.2, -0.15) is 5.10 Å². The fraction of sp³-hybridized carbons (Fsp3) is 0.429. The van der Waals surface area contributed by atoms with E-state index in [1.807, 2.05) is 16.8 Å². The first-order valence-electron chi connectivity index (χ1n) is 6.53. The average Bonchev–Trinajstić information content (AvgIpc) is 2.96. The molecule has 0 aliphatic rings. The van der Waals surface area contributed by atoms with E-state index in [9.17, 15) is 0 Å². The van der Waals surface area contributed by atoms with Crippen LogP contribution in [0.5, 0.6) is 5.75 Å². The van der Waals surface area contributed by atoms with Gasteiger partial charge in [0.1, 0.15) is 18.4 Å². The zero-order valence-corrected chi connectivity index (χ0v) is 11.4. The zero-order chi connectivity index (χ0) is 13.5. The lowest BCUT2D eigenvalue weighted by Crippen LogP contribution is -2.26. The second kappa shape index (κ2) is 6.89. The maximum absolute atomic E-state index is 5.19. The van der Waals surface area contributed by atoms with Gasteiger partial charge < -0.3 is 10.1 Å². The van der Waals surface area contributed by atoms with Crippen molar-refractivity contribution >= 4 is 0 Å². The Hall–Kier alpha value is -1.88. The highest BCUT2D eigenvalue weighted by Crippen LogP contribution is 2.19. The van der Waals surface area contributed by atoms with Crippen molar-refractivity contribution in [3.05, 3.63) is 42.5 Å². The van der Waals surface area contributed by atoms with E-state index in [0.29, 0.717) is 0 Å². The van der Waals surface area contributed by atoms with Crippen LogP contribution in [0.4, 0.5) is 0 Å². The first kappa shape index (κ1) is 13.5. The number of methoxy groups -OCH3 is 1. The fourth-order valence-electron chi connectivity index (χ4n) is 1.96. The molecule has 0 aliphatic carbocycles.